The van der Waals surface area contributed by atoms with Crippen LogP contribution in [0.2, 0.25) is 5.02 Å². The molecule has 1 aliphatic rings. The molecule has 29 heavy (non-hydrogen) atoms. The fourth-order valence-electron chi connectivity index (χ4n) is 2.67. The number of carbonyl (C=O) groups excluding carboxylic acids is 1. The van der Waals surface area contributed by atoms with Gasteiger partial charge in [0.15, 0.2) is 11.0 Å². The molecule has 7 nitrogen and oxygen atoms in total. The Hall–Kier alpha value is -2.10. The second kappa shape index (κ2) is 9.15. The Morgan fingerprint density at radius 3 is 2.83 bits per heavy atom. The molecular weight excluding hydrogens is 478 g/mol. The van der Waals surface area contributed by atoms with Crippen LogP contribution in [-0.2, 0) is 11.4 Å². The molecular formula is C19H17BrClN5O2S. The summed E-state index contributed by atoms with van der Waals surface area (Å²) < 4.78 is 8.73. The molecule has 3 aromatic rings. The number of nitrogens with zero attached hydrogens (tertiary/aromatic N) is 4. The van der Waals surface area contributed by atoms with Gasteiger partial charge in [0.25, 0.3) is 0 Å². The predicted molar refractivity (Wildman–Crippen MR) is 115 cm³/mol. The topological polar surface area (TPSA) is 81.9 Å². The lowest BCUT2D eigenvalue weighted by atomic mass is 10.3. The number of rotatable bonds is 8. The molecule has 0 saturated heterocycles. The van der Waals surface area contributed by atoms with Gasteiger partial charge in [-0.3, -0.25) is 9.36 Å². The smallest absolute Gasteiger partial charge is 0.236 e. The second-order valence-electron chi connectivity index (χ2n) is 6.42. The van der Waals surface area contributed by atoms with E-state index in [4.69, 9.17) is 16.3 Å². The van der Waals surface area contributed by atoms with Crippen LogP contribution in [0, 0.1) is 0 Å². The molecule has 0 spiro atoms. The second-order valence-corrected chi connectivity index (χ2v) is 8.68. The zero-order chi connectivity index (χ0) is 20.2. The molecule has 150 valence electrons. The maximum atomic E-state index is 12.2. The van der Waals surface area contributed by atoms with Gasteiger partial charge in [-0.2, -0.15) is 0 Å². The number of carbonyl (C=O) groups is 1. The van der Waals surface area contributed by atoms with Crippen LogP contribution in [-0.4, -0.2) is 31.4 Å². The van der Waals surface area contributed by atoms with Crippen molar-refractivity contribution >= 4 is 51.0 Å². The molecule has 1 amide bonds. The minimum absolute atomic E-state index is 0.149. The average molecular weight is 495 g/mol. The molecule has 1 fully saturated rings. The Kier molecular flexibility index (Phi) is 6.37. The maximum Gasteiger partial charge on any atom is 0.236 e. The molecule has 0 bridgehead atoms. The summed E-state index contributed by atoms with van der Waals surface area (Å²) in [4.78, 5) is 16.4. The van der Waals surface area contributed by atoms with E-state index in [1.54, 1.807) is 18.3 Å². The van der Waals surface area contributed by atoms with Gasteiger partial charge in [-0.15, -0.1) is 10.2 Å². The number of aromatic nitrogens is 4. The highest BCUT2D eigenvalue weighted by molar-refractivity contribution is 9.10. The first-order chi connectivity index (χ1) is 14.1. The van der Waals surface area contributed by atoms with Gasteiger partial charge in [0, 0.05) is 16.7 Å². The third-order valence-electron chi connectivity index (χ3n) is 4.17. The molecule has 1 aliphatic carbocycles. The molecule has 1 saturated carbocycles. The average Bonchev–Trinajstić information content (AvgIpc) is 3.47. The van der Waals surface area contributed by atoms with Gasteiger partial charge in [-0.25, -0.2) is 4.98 Å². The summed E-state index contributed by atoms with van der Waals surface area (Å²) in [5, 5.41) is 12.6. The van der Waals surface area contributed by atoms with Crippen molar-refractivity contribution < 1.29 is 9.53 Å². The molecule has 2 heterocycles. The number of pyridine rings is 1. The SMILES string of the molecule is O=C(CSc1nnc(COc2ccccc2Cl)n1C1CC1)Nc1ccc(Br)cn1. The van der Waals surface area contributed by atoms with E-state index in [-0.39, 0.29) is 18.3 Å². The van der Waals surface area contributed by atoms with Gasteiger partial charge in [0.05, 0.1) is 10.8 Å². The lowest BCUT2D eigenvalue weighted by molar-refractivity contribution is -0.113. The van der Waals surface area contributed by atoms with E-state index in [0.717, 1.165) is 23.1 Å². The van der Waals surface area contributed by atoms with Crippen LogP contribution in [0.15, 0.2) is 52.2 Å². The lowest BCUT2D eigenvalue weighted by Gasteiger charge is -2.10. The van der Waals surface area contributed by atoms with E-state index in [1.807, 2.05) is 24.3 Å². The number of halogens is 2. The van der Waals surface area contributed by atoms with Gasteiger partial charge >= 0.3 is 0 Å². The zero-order valence-corrected chi connectivity index (χ0v) is 18.4. The van der Waals surface area contributed by atoms with Crippen LogP contribution >= 0.6 is 39.3 Å². The number of benzene rings is 1. The molecule has 0 radical (unpaired) electrons. The molecule has 4 rings (SSSR count). The third-order valence-corrected chi connectivity index (χ3v) is 5.89. The van der Waals surface area contributed by atoms with E-state index in [2.05, 4.69) is 41.0 Å². The molecule has 0 unspecified atom stereocenters. The van der Waals surface area contributed by atoms with E-state index in [9.17, 15) is 4.79 Å². The van der Waals surface area contributed by atoms with Crippen LogP contribution < -0.4 is 10.1 Å². The van der Waals surface area contributed by atoms with Crippen LogP contribution in [0.3, 0.4) is 0 Å². The molecule has 10 heteroatoms. The summed E-state index contributed by atoms with van der Waals surface area (Å²) in [7, 11) is 0. The van der Waals surface area contributed by atoms with Crippen molar-refractivity contribution in [3.8, 4) is 5.75 Å². The van der Waals surface area contributed by atoms with Crippen molar-refractivity contribution in [2.24, 2.45) is 0 Å². The Balaban J connectivity index is 1.38. The highest BCUT2D eigenvalue weighted by atomic mass is 79.9. The Labute approximate surface area is 185 Å². The minimum Gasteiger partial charge on any atom is -0.484 e. The quantitative estimate of drug-likeness (QED) is 0.456. The lowest BCUT2D eigenvalue weighted by Crippen LogP contribution is -2.15. The van der Waals surface area contributed by atoms with Crippen LogP contribution in [0.5, 0.6) is 5.75 Å². The number of thioether (sulfide) groups is 1. The minimum atomic E-state index is -0.149. The number of hydrogen-bond acceptors (Lipinski definition) is 6. The van der Waals surface area contributed by atoms with Crippen molar-refractivity contribution in [1.82, 2.24) is 19.7 Å². The van der Waals surface area contributed by atoms with E-state index >= 15 is 0 Å². The number of amides is 1. The van der Waals surface area contributed by atoms with E-state index in [1.165, 1.54) is 11.8 Å². The number of para-hydroxylation sites is 1. The highest BCUT2D eigenvalue weighted by Crippen LogP contribution is 2.39. The zero-order valence-electron chi connectivity index (χ0n) is 15.2. The first-order valence-corrected chi connectivity index (χ1v) is 11.1. The third kappa shape index (κ3) is 5.29. The standard InChI is InChI=1S/C19H17BrClN5O2S/c20-12-5-8-16(22-9-12)23-18(27)11-29-19-25-24-17(26(19)13-6-7-13)10-28-15-4-2-1-3-14(15)21/h1-5,8-9,13H,6-7,10-11H2,(H,22,23,27). The van der Waals surface area contributed by atoms with E-state index < -0.39 is 0 Å². The summed E-state index contributed by atoms with van der Waals surface area (Å²) in [6.07, 6.45) is 3.77. The largest absolute Gasteiger partial charge is 0.484 e. The molecule has 0 atom stereocenters. The van der Waals surface area contributed by atoms with Gasteiger partial charge < -0.3 is 10.1 Å². The van der Waals surface area contributed by atoms with Gasteiger partial charge in [0.1, 0.15) is 18.2 Å². The number of nitrogens with one attached hydrogen (secondary N) is 1. The molecule has 0 aliphatic heterocycles. The highest BCUT2D eigenvalue weighted by Gasteiger charge is 2.30. The van der Waals surface area contributed by atoms with Crippen molar-refractivity contribution in [1.29, 1.82) is 0 Å². The maximum absolute atomic E-state index is 12.2. The first-order valence-electron chi connectivity index (χ1n) is 8.95. The van der Waals surface area contributed by atoms with Crippen LogP contribution in [0.1, 0.15) is 24.7 Å². The predicted octanol–water partition coefficient (Wildman–Crippen LogP) is 4.73. The Bertz CT molecular complexity index is 1010. The van der Waals surface area contributed by atoms with Gasteiger partial charge in [-0.1, -0.05) is 35.5 Å². The van der Waals surface area contributed by atoms with Gasteiger partial charge in [0.2, 0.25) is 5.91 Å². The number of ether oxygens (including phenoxy) is 1. The van der Waals surface area contributed by atoms with Crippen molar-refractivity contribution in [2.75, 3.05) is 11.1 Å². The molecule has 1 N–H and O–H groups in total. The summed E-state index contributed by atoms with van der Waals surface area (Å²) >= 11 is 10.8. The Morgan fingerprint density at radius 1 is 1.28 bits per heavy atom. The Morgan fingerprint density at radius 2 is 2.10 bits per heavy atom. The number of anilines is 1. The summed E-state index contributed by atoms with van der Waals surface area (Å²) in [5.74, 6) is 1.91. The van der Waals surface area contributed by atoms with Crippen LogP contribution in [0.25, 0.3) is 0 Å². The summed E-state index contributed by atoms with van der Waals surface area (Å²) in [5.41, 5.74) is 0. The fourth-order valence-corrected chi connectivity index (χ4v) is 3.92. The summed E-state index contributed by atoms with van der Waals surface area (Å²) in [6.45, 7) is 0.267. The van der Waals surface area contributed by atoms with Crippen molar-refractivity contribution in [2.45, 2.75) is 30.6 Å². The monoisotopic (exact) mass is 493 g/mol. The van der Waals surface area contributed by atoms with E-state index in [0.29, 0.717) is 27.8 Å². The van der Waals surface area contributed by atoms with Crippen molar-refractivity contribution in [3.05, 3.63) is 57.9 Å². The normalized spacial score (nSPS) is 13.3. The molecule has 1 aromatic carbocycles. The fraction of sp³-hybridized carbons (Fsp3) is 0.263. The number of hydrogen-bond donors (Lipinski definition) is 1. The first kappa shape index (κ1) is 20.2. The van der Waals surface area contributed by atoms with Crippen LogP contribution in [0.4, 0.5) is 5.82 Å². The summed E-state index contributed by atoms with van der Waals surface area (Å²) in [6, 6.07) is 11.2. The molecule has 2 aromatic heterocycles. The van der Waals surface area contributed by atoms with Gasteiger partial charge in [-0.05, 0) is 53.0 Å². The van der Waals surface area contributed by atoms with Crippen molar-refractivity contribution in [3.63, 3.8) is 0 Å².